The molecule has 2 heterocycles. The Morgan fingerprint density at radius 1 is 1.21 bits per heavy atom. The number of carbonyl (C=O) groups is 2. The van der Waals surface area contributed by atoms with Crippen molar-refractivity contribution in [2.75, 3.05) is 5.32 Å². The van der Waals surface area contributed by atoms with Gasteiger partial charge in [-0.3, -0.25) is 4.79 Å². The molecule has 29 heavy (non-hydrogen) atoms. The molecule has 0 radical (unpaired) electrons. The van der Waals surface area contributed by atoms with Crippen molar-refractivity contribution in [3.05, 3.63) is 88.5 Å². The third-order valence-electron chi connectivity index (χ3n) is 5.06. The fraction of sp³-hybridized carbons (Fsp3) is 0.136. The van der Waals surface area contributed by atoms with Crippen LogP contribution in [-0.2, 0) is 31.1 Å². The van der Waals surface area contributed by atoms with E-state index in [0.717, 1.165) is 5.56 Å². The zero-order valence-electron chi connectivity index (χ0n) is 15.6. The number of hydrogen-bond donors (Lipinski definition) is 2. The van der Waals surface area contributed by atoms with Crippen LogP contribution in [0.25, 0.3) is 0 Å². The van der Waals surface area contributed by atoms with E-state index in [9.17, 15) is 14.9 Å². The number of amides is 1. The third kappa shape index (κ3) is 2.65. The zero-order chi connectivity index (χ0) is 20.6. The van der Waals surface area contributed by atoms with Gasteiger partial charge in [-0.2, -0.15) is 5.26 Å². The van der Waals surface area contributed by atoms with E-state index >= 15 is 0 Å². The van der Waals surface area contributed by atoms with Gasteiger partial charge < -0.3 is 20.5 Å². The molecule has 0 bridgehead atoms. The van der Waals surface area contributed by atoms with Crippen molar-refractivity contribution in [2.24, 2.45) is 5.73 Å². The average Bonchev–Trinajstić information content (AvgIpc) is 2.99. The molecular weight excluding hydrogens is 370 g/mol. The molecule has 0 aromatic heterocycles. The number of benzene rings is 2. The highest BCUT2D eigenvalue weighted by molar-refractivity contribution is 6.17. The molecule has 0 saturated heterocycles. The SMILES string of the molecule is CC1=C(C#N)[C@]2(C(=O)Nc3ccccc32)C(C(=O)OCc2ccccc2)=C(N)O1. The first-order valence-corrected chi connectivity index (χ1v) is 8.91. The monoisotopic (exact) mass is 387 g/mol. The number of nitrogens with one attached hydrogen (secondary N) is 1. The number of carbonyl (C=O) groups excluding carboxylic acids is 2. The molecule has 144 valence electrons. The van der Waals surface area contributed by atoms with Gasteiger partial charge in [0.05, 0.1) is 5.57 Å². The molecule has 0 saturated carbocycles. The van der Waals surface area contributed by atoms with Gasteiger partial charge in [0, 0.05) is 11.3 Å². The zero-order valence-corrected chi connectivity index (χ0v) is 15.6. The van der Waals surface area contributed by atoms with Crippen LogP contribution in [0.4, 0.5) is 5.69 Å². The fourth-order valence-electron chi connectivity index (χ4n) is 3.81. The van der Waals surface area contributed by atoms with E-state index in [2.05, 4.69) is 5.32 Å². The molecule has 7 nitrogen and oxygen atoms in total. The fourth-order valence-corrected chi connectivity index (χ4v) is 3.81. The topological polar surface area (TPSA) is 114 Å². The molecule has 7 heteroatoms. The van der Waals surface area contributed by atoms with Gasteiger partial charge in [-0.15, -0.1) is 0 Å². The Bertz CT molecular complexity index is 1130. The molecule has 2 aromatic rings. The summed E-state index contributed by atoms with van der Waals surface area (Å²) >= 11 is 0. The van der Waals surface area contributed by atoms with Crippen LogP contribution >= 0.6 is 0 Å². The minimum atomic E-state index is -1.72. The summed E-state index contributed by atoms with van der Waals surface area (Å²) in [5, 5.41) is 12.6. The van der Waals surface area contributed by atoms with Crippen molar-refractivity contribution < 1.29 is 19.1 Å². The highest BCUT2D eigenvalue weighted by Crippen LogP contribution is 2.51. The van der Waals surface area contributed by atoms with Gasteiger partial charge in [0.15, 0.2) is 5.41 Å². The molecule has 0 unspecified atom stereocenters. The van der Waals surface area contributed by atoms with Crippen LogP contribution in [0.3, 0.4) is 0 Å². The standard InChI is InChI=1S/C22H17N3O4/c1-13-16(11-23)22(15-9-5-6-10-17(15)25-21(22)27)18(19(24)29-13)20(26)28-12-14-7-3-2-4-8-14/h2-10H,12,24H2,1H3,(H,25,27)/t22-/m0/s1. The Labute approximate surface area is 167 Å². The van der Waals surface area contributed by atoms with E-state index in [4.69, 9.17) is 15.2 Å². The van der Waals surface area contributed by atoms with Crippen molar-refractivity contribution in [1.82, 2.24) is 0 Å². The summed E-state index contributed by atoms with van der Waals surface area (Å²) in [5.41, 5.74) is 5.88. The number of rotatable bonds is 3. The summed E-state index contributed by atoms with van der Waals surface area (Å²) in [6.07, 6.45) is 0. The minimum Gasteiger partial charge on any atom is -0.457 e. The highest BCUT2D eigenvalue weighted by Gasteiger charge is 2.59. The number of fused-ring (bicyclic) bond motifs is 2. The number of nitrogens with two attached hydrogens (primary N) is 1. The maximum atomic E-state index is 13.2. The second-order valence-electron chi connectivity index (χ2n) is 6.70. The number of nitriles is 1. The van der Waals surface area contributed by atoms with Gasteiger partial charge in [0.1, 0.15) is 24.0 Å². The molecule has 1 spiro atoms. The van der Waals surface area contributed by atoms with Crippen LogP contribution in [0.5, 0.6) is 0 Å². The van der Waals surface area contributed by atoms with E-state index in [-0.39, 0.29) is 29.4 Å². The number of ether oxygens (including phenoxy) is 2. The number of esters is 1. The van der Waals surface area contributed by atoms with E-state index in [1.54, 1.807) is 36.4 Å². The lowest BCUT2D eigenvalue weighted by molar-refractivity contribution is -0.142. The van der Waals surface area contributed by atoms with Gasteiger partial charge in [-0.05, 0) is 18.6 Å². The summed E-state index contributed by atoms with van der Waals surface area (Å²) in [6, 6.07) is 18.0. The first kappa shape index (κ1) is 18.3. The second kappa shape index (κ2) is 6.84. The van der Waals surface area contributed by atoms with Gasteiger partial charge in [0.2, 0.25) is 11.8 Å². The van der Waals surface area contributed by atoms with Gasteiger partial charge in [-0.25, -0.2) is 4.79 Å². The second-order valence-corrected chi connectivity index (χ2v) is 6.70. The molecule has 0 aliphatic carbocycles. The summed E-state index contributed by atoms with van der Waals surface area (Å²) in [5.74, 6) is -1.46. The van der Waals surface area contributed by atoms with Crippen molar-refractivity contribution in [2.45, 2.75) is 18.9 Å². The van der Waals surface area contributed by atoms with E-state index in [1.165, 1.54) is 6.92 Å². The lowest BCUT2D eigenvalue weighted by Gasteiger charge is -2.33. The molecule has 2 aromatic carbocycles. The van der Waals surface area contributed by atoms with Crippen molar-refractivity contribution >= 4 is 17.6 Å². The van der Waals surface area contributed by atoms with Gasteiger partial charge >= 0.3 is 5.97 Å². The van der Waals surface area contributed by atoms with Gasteiger partial charge in [0.25, 0.3) is 0 Å². The largest absolute Gasteiger partial charge is 0.457 e. The van der Waals surface area contributed by atoms with E-state index in [1.807, 2.05) is 24.3 Å². The maximum Gasteiger partial charge on any atom is 0.341 e. The minimum absolute atomic E-state index is 0.000751. The van der Waals surface area contributed by atoms with Crippen LogP contribution < -0.4 is 11.1 Å². The third-order valence-corrected chi connectivity index (χ3v) is 5.06. The Morgan fingerprint density at radius 2 is 1.90 bits per heavy atom. The summed E-state index contributed by atoms with van der Waals surface area (Å²) in [6.45, 7) is 1.52. The number of anilines is 1. The number of hydrogen-bond acceptors (Lipinski definition) is 6. The average molecular weight is 387 g/mol. The summed E-state index contributed by atoms with van der Waals surface area (Å²) in [4.78, 5) is 26.3. The van der Waals surface area contributed by atoms with Crippen LogP contribution in [-0.4, -0.2) is 11.9 Å². The van der Waals surface area contributed by atoms with Gasteiger partial charge in [-0.1, -0.05) is 48.5 Å². The van der Waals surface area contributed by atoms with Crippen molar-refractivity contribution in [3.63, 3.8) is 0 Å². The predicted molar refractivity (Wildman–Crippen MR) is 104 cm³/mol. The molecule has 1 amide bonds. The van der Waals surface area contributed by atoms with Crippen molar-refractivity contribution in [1.29, 1.82) is 5.26 Å². The van der Waals surface area contributed by atoms with Crippen LogP contribution in [0.1, 0.15) is 18.1 Å². The first-order valence-electron chi connectivity index (χ1n) is 8.91. The smallest absolute Gasteiger partial charge is 0.341 e. The summed E-state index contributed by atoms with van der Waals surface area (Å²) in [7, 11) is 0. The Balaban J connectivity index is 1.84. The molecule has 0 fully saturated rings. The molecular formula is C22H17N3O4. The Kier molecular flexibility index (Phi) is 4.32. The van der Waals surface area contributed by atoms with Crippen LogP contribution in [0.2, 0.25) is 0 Å². The van der Waals surface area contributed by atoms with E-state index < -0.39 is 17.3 Å². The number of allylic oxidation sites excluding steroid dienone is 1. The van der Waals surface area contributed by atoms with Crippen molar-refractivity contribution in [3.8, 4) is 6.07 Å². The Hall–Kier alpha value is -4.05. The molecule has 1 atom stereocenters. The quantitative estimate of drug-likeness (QED) is 0.783. The lowest BCUT2D eigenvalue weighted by Crippen LogP contribution is -2.45. The maximum absolute atomic E-state index is 13.2. The normalized spacial score (nSPS) is 20.1. The highest BCUT2D eigenvalue weighted by atomic mass is 16.5. The predicted octanol–water partition coefficient (Wildman–Crippen LogP) is 2.62. The lowest BCUT2D eigenvalue weighted by atomic mass is 9.68. The number of nitrogens with zero attached hydrogens (tertiary/aromatic N) is 1. The number of para-hydroxylation sites is 1. The van der Waals surface area contributed by atoms with Crippen LogP contribution in [0.15, 0.2) is 77.4 Å². The molecule has 2 aliphatic heterocycles. The first-order chi connectivity index (χ1) is 14.0. The molecule has 4 rings (SSSR count). The Morgan fingerprint density at radius 3 is 2.62 bits per heavy atom. The van der Waals surface area contributed by atoms with Crippen LogP contribution in [0, 0.1) is 11.3 Å². The molecule has 2 aliphatic rings. The molecule has 3 N–H and O–H groups in total. The van der Waals surface area contributed by atoms with E-state index in [0.29, 0.717) is 11.3 Å². The summed E-state index contributed by atoms with van der Waals surface area (Å²) < 4.78 is 10.9.